The molecule has 1 amide bonds. The Morgan fingerprint density at radius 2 is 1.95 bits per heavy atom. The second-order valence-electron chi connectivity index (χ2n) is 10.3. The van der Waals surface area contributed by atoms with Gasteiger partial charge in [-0.15, -0.1) is 11.3 Å². The number of benzene rings is 1. The molecule has 6 nitrogen and oxygen atoms in total. The highest BCUT2D eigenvalue weighted by Gasteiger charge is 2.28. The lowest BCUT2D eigenvalue weighted by atomic mass is 9.91. The maximum atomic E-state index is 13.5. The van der Waals surface area contributed by atoms with Crippen molar-refractivity contribution in [1.82, 2.24) is 15.2 Å². The molecule has 1 N–H and O–H groups in total. The summed E-state index contributed by atoms with van der Waals surface area (Å²) in [5.41, 5.74) is 1.49. The van der Waals surface area contributed by atoms with Crippen LogP contribution >= 0.6 is 22.9 Å². The number of nitrogens with zero attached hydrogens (tertiary/aromatic N) is 2. The van der Waals surface area contributed by atoms with Crippen LogP contribution in [0.1, 0.15) is 70.7 Å². The zero-order valence-electron chi connectivity index (χ0n) is 22.4. The molecule has 1 aliphatic heterocycles. The van der Waals surface area contributed by atoms with E-state index in [1.165, 1.54) is 24.2 Å². The molecule has 0 spiro atoms. The zero-order valence-corrected chi connectivity index (χ0v) is 23.9. The molecule has 3 atom stereocenters. The van der Waals surface area contributed by atoms with Gasteiger partial charge in [-0.2, -0.15) is 0 Å². The lowest BCUT2D eigenvalue weighted by molar-refractivity contribution is -0.130. The van der Waals surface area contributed by atoms with E-state index in [-0.39, 0.29) is 35.9 Å². The third-order valence-electron chi connectivity index (χ3n) is 7.40. The fourth-order valence-electron chi connectivity index (χ4n) is 4.77. The van der Waals surface area contributed by atoms with Gasteiger partial charge in [0, 0.05) is 48.9 Å². The van der Waals surface area contributed by atoms with E-state index in [1.807, 2.05) is 19.1 Å². The molecule has 0 saturated carbocycles. The van der Waals surface area contributed by atoms with E-state index in [0.29, 0.717) is 42.8 Å². The van der Waals surface area contributed by atoms with Crippen molar-refractivity contribution in [3.05, 3.63) is 40.4 Å². The van der Waals surface area contributed by atoms with E-state index in [1.54, 1.807) is 6.07 Å². The topological polar surface area (TPSA) is 79.4 Å². The first-order valence-corrected chi connectivity index (χ1v) is 14.7. The molecule has 1 saturated heterocycles. The number of rotatable bonds is 15. The standard InChI is InChI=1S/C29H40ClN3O3S/c1-5-19(3)24(11-12-26(35)20(4)18-33-13-7-8-14-33)32-29(36)21(15-23(34)6-2)16-28-31-25-10-9-22(30)17-27(25)37-28/h9-10,17,19,21,24H,4-8,11-16,18H2,1-3H3,(H,32,36)/t19-,21-,24+/m0/s1. The summed E-state index contributed by atoms with van der Waals surface area (Å²) in [6, 6.07) is 5.40. The number of carbonyl (C=O) groups is 3. The summed E-state index contributed by atoms with van der Waals surface area (Å²) in [5.74, 6) is -0.322. The smallest absolute Gasteiger partial charge is 0.224 e. The molecule has 37 heavy (non-hydrogen) atoms. The van der Waals surface area contributed by atoms with Crippen LogP contribution in [0.2, 0.25) is 5.02 Å². The summed E-state index contributed by atoms with van der Waals surface area (Å²) in [6.07, 6.45) is 5.12. The number of halogens is 1. The molecule has 2 heterocycles. The number of fused-ring (bicyclic) bond motifs is 1. The monoisotopic (exact) mass is 545 g/mol. The highest BCUT2D eigenvalue weighted by Crippen LogP contribution is 2.28. The van der Waals surface area contributed by atoms with Crippen LogP contribution in [0.5, 0.6) is 0 Å². The molecule has 0 unspecified atom stereocenters. The normalized spacial score (nSPS) is 16.4. The number of aromatic nitrogens is 1. The van der Waals surface area contributed by atoms with Crippen molar-refractivity contribution in [2.45, 2.75) is 78.2 Å². The number of likely N-dealkylation sites (tertiary alicyclic amines) is 1. The van der Waals surface area contributed by atoms with Gasteiger partial charge in [0.1, 0.15) is 5.78 Å². The fraction of sp³-hybridized carbons (Fsp3) is 0.586. The third-order valence-corrected chi connectivity index (χ3v) is 8.68. The maximum Gasteiger partial charge on any atom is 0.224 e. The van der Waals surface area contributed by atoms with Crippen LogP contribution in [0, 0.1) is 11.8 Å². The molecule has 0 bridgehead atoms. The Morgan fingerprint density at radius 3 is 2.62 bits per heavy atom. The van der Waals surface area contributed by atoms with Crippen LogP contribution in [0.4, 0.5) is 0 Å². The van der Waals surface area contributed by atoms with Gasteiger partial charge in [-0.05, 0) is 56.5 Å². The van der Waals surface area contributed by atoms with Crippen molar-refractivity contribution in [1.29, 1.82) is 0 Å². The van der Waals surface area contributed by atoms with Crippen LogP contribution in [-0.2, 0) is 20.8 Å². The highest BCUT2D eigenvalue weighted by atomic mass is 35.5. The first-order chi connectivity index (χ1) is 17.7. The molecule has 1 fully saturated rings. The number of hydrogen-bond acceptors (Lipinski definition) is 6. The second-order valence-corrected chi connectivity index (χ2v) is 11.8. The average molecular weight is 546 g/mol. The van der Waals surface area contributed by atoms with Crippen LogP contribution in [0.3, 0.4) is 0 Å². The van der Waals surface area contributed by atoms with Gasteiger partial charge in [0.2, 0.25) is 5.91 Å². The van der Waals surface area contributed by atoms with E-state index in [9.17, 15) is 14.4 Å². The van der Waals surface area contributed by atoms with Gasteiger partial charge in [-0.1, -0.05) is 45.4 Å². The molecule has 1 aromatic carbocycles. The van der Waals surface area contributed by atoms with Crippen molar-refractivity contribution >= 4 is 50.6 Å². The Kier molecular flexibility index (Phi) is 11.3. The summed E-state index contributed by atoms with van der Waals surface area (Å²) in [4.78, 5) is 45.6. The lowest BCUT2D eigenvalue weighted by Gasteiger charge is -2.27. The molecule has 202 valence electrons. The molecule has 1 aliphatic rings. The van der Waals surface area contributed by atoms with Crippen molar-refractivity contribution in [3.8, 4) is 0 Å². The first kappa shape index (κ1) is 29.5. The summed E-state index contributed by atoms with van der Waals surface area (Å²) >= 11 is 7.63. The Bertz CT molecular complexity index is 1110. The summed E-state index contributed by atoms with van der Waals surface area (Å²) in [6.45, 7) is 12.7. The Balaban J connectivity index is 1.66. The van der Waals surface area contributed by atoms with Crippen molar-refractivity contribution in [3.63, 3.8) is 0 Å². The molecular weight excluding hydrogens is 506 g/mol. The number of Topliss-reactive ketones (excluding diaryl/α,β-unsaturated/α-hetero) is 2. The molecule has 0 aliphatic carbocycles. The molecule has 8 heteroatoms. The van der Waals surface area contributed by atoms with Crippen molar-refractivity contribution in [2.24, 2.45) is 11.8 Å². The molecule has 1 aromatic heterocycles. The summed E-state index contributed by atoms with van der Waals surface area (Å²) < 4.78 is 0.966. The van der Waals surface area contributed by atoms with Gasteiger partial charge in [-0.25, -0.2) is 4.98 Å². The Morgan fingerprint density at radius 1 is 1.22 bits per heavy atom. The highest BCUT2D eigenvalue weighted by molar-refractivity contribution is 7.18. The summed E-state index contributed by atoms with van der Waals surface area (Å²) in [7, 11) is 0. The predicted molar refractivity (Wildman–Crippen MR) is 152 cm³/mol. The van der Waals surface area contributed by atoms with Gasteiger partial charge in [0.25, 0.3) is 0 Å². The fourth-order valence-corrected chi connectivity index (χ4v) is 6.09. The van der Waals surface area contributed by atoms with Gasteiger partial charge in [0.05, 0.1) is 21.1 Å². The van der Waals surface area contributed by atoms with Crippen LogP contribution in [-0.4, -0.2) is 53.0 Å². The van der Waals surface area contributed by atoms with Crippen LogP contribution in [0.25, 0.3) is 10.2 Å². The van der Waals surface area contributed by atoms with Gasteiger partial charge in [-0.3, -0.25) is 19.3 Å². The molecule has 3 rings (SSSR count). The number of nitrogens with one attached hydrogen (secondary N) is 1. The number of ketones is 2. The van der Waals surface area contributed by atoms with Crippen molar-refractivity contribution < 1.29 is 14.4 Å². The molecule has 2 aromatic rings. The minimum absolute atomic E-state index is 0.0535. The van der Waals surface area contributed by atoms with E-state index in [0.717, 1.165) is 34.7 Å². The zero-order chi connectivity index (χ0) is 26.9. The predicted octanol–water partition coefficient (Wildman–Crippen LogP) is 6.01. The first-order valence-electron chi connectivity index (χ1n) is 13.5. The Hall–Kier alpha value is -2.09. The third kappa shape index (κ3) is 8.72. The SMILES string of the molecule is C=C(CN1CCCC1)C(=O)CC[C@@H](NC(=O)[C@@H](CC(=O)CC)Cc1nc2ccc(Cl)cc2s1)[C@@H](C)CC. The van der Waals surface area contributed by atoms with Gasteiger partial charge in [0.15, 0.2) is 5.78 Å². The van der Waals surface area contributed by atoms with Crippen molar-refractivity contribution in [2.75, 3.05) is 19.6 Å². The number of hydrogen-bond donors (Lipinski definition) is 1. The van der Waals surface area contributed by atoms with Gasteiger partial charge < -0.3 is 5.32 Å². The number of thiazole rings is 1. The van der Waals surface area contributed by atoms with Crippen LogP contribution in [0.15, 0.2) is 30.4 Å². The second kappa shape index (κ2) is 14.2. The number of carbonyl (C=O) groups excluding carboxylic acids is 3. The van der Waals surface area contributed by atoms with E-state index in [2.05, 4.69) is 35.6 Å². The maximum absolute atomic E-state index is 13.5. The quantitative estimate of drug-likeness (QED) is 0.277. The van der Waals surface area contributed by atoms with Crippen LogP contribution < -0.4 is 5.32 Å². The minimum atomic E-state index is -0.504. The van der Waals surface area contributed by atoms with E-state index < -0.39 is 5.92 Å². The minimum Gasteiger partial charge on any atom is -0.353 e. The number of amides is 1. The van der Waals surface area contributed by atoms with Gasteiger partial charge >= 0.3 is 0 Å². The summed E-state index contributed by atoms with van der Waals surface area (Å²) in [5, 5.41) is 4.66. The van der Waals surface area contributed by atoms with E-state index in [4.69, 9.17) is 11.6 Å². The molecule has 0 radical (unpaired) electrons. The van der Waals surface area contributed by atoms with E-state index >= 15 is 0 Å². The lowest BCUT2D eigenvalue weighted by Crippen LogP contribution is -2.43. The molecular formula is C29H40ClN3O3S. The Labute approximate surface area is 229 Å². The average Bonchev–Trinajstić information content (AvgIpc) is 3.54. The largest absolute Gasteiger partial charge is 0.353 e.